The summed E-state index contributed by atoms with van der Waals surface area (Å²) in [7, 11) is 1.21. The third-order valence-electron chi connectivity index (χ3n) is 1.85. The van der Waals surface area contributed by atoms with Crippen molar-refractivity contribution in [2.24, 2.45) is 0 Å². The molecule has 0 atom stereocenters. The molecule has 0 amide bonds. The van der Waals surface area contributed by atoms with Gasteiger partial charge in [0.2, 0.25) is 0 Å². The van der Waals surface area contributed by atoms with Crippen molar-refractivity contribution in [3.8, 4) is 11.5 Å². The molecule has 0 unspecified atom stereocenters. The van der Waals surface area contributed by atoms with Gasteiger partial charge in [-0.2, -0.15) is 8.78 Å². The molecule has 0 saturated carbocycles. The fourth-order valence-electron chi connectivity index (χ4n) is 1.09. The molecule has 1 aromatic carbocycles. The quantitative estimate of drug-likeness (QED) is 0.848. The maximum absolute atomic E-state index is 13.1. The first-order chi connectivity index (χ1) is 6.92. The molecule has 1 aromatic rings. The highest BCUT2D eigenvalue weighted by Crippen LogP contribution is 2.41. The zero-order chi connectivity index (χ0) is 11.6. The summed E-state index contributed by atoms with van der Waals surface area (Å²) < 4.78 is 30.9. The maximum Gasteiger partial charge on any atom is 0.299 e. The fraction of sp³-hybridized carbons (Fsp3) is 0.333. The van der Waals surface area contributed by atoms with Crippen LogP contribution in [0.4, 0.5) is 8.78 Å². The number of aliphatic hydroxyl groups is 1. The van der Waals surface area contributed by atoms with E-state index in [0.717, 1.165) is 6.07 Å². The van der Waals surface area contributed by atoms with E-state index in [4.69, 9.17) is 16.7 Å². The van der Waals surface area contributed by atoms with Gasteiger partial charge in [0.05, 0.1) is 12.7 Å². The van der Waals surface area contributed by atoms with Crippen LogP contribution in [0, 0.1) is 0 Å². The maximum atomic E-state index is 13.1. The van der Waals surface area contributed by atoms with Crippen molar-refractivity contribution >= 4 is 11.6 Å². The van der Waals surface area contributed by atoms with E-state index in [1.165, 1.54) is 13.2 Å². The Bertz CT molecular complexity index is 369. The van der Waals surface area contributed by atoms with E-state index < -0.39 is 23.8 Å². The number of benzene rings is 1. The lowest BCUT2D eigenvalue weighted by atomic mass is 10.1. The van der Waals surface area contributed by atoms with Crippen LogP contribution < -0.4 is 4.74 Å². The number of hydrogen-bond donors (Lipinski definition) is 2. The normalized spacial score (nSPS) is 11.5. The van der Waals surface area contributed by atoms with Gasteiger partial charge >= 0.3 is 0 Å². The van der Waals surface area contributed by atoms with Crippen molar-refractivity contribution in [3.05, 3.63) is 22.7 Å². The van der Waals surface area contributed by atoms with Gasteiger partial charge in [0.15, 0.2) is 11.5 Å². The summed E-state index contributed by atoms with van der Waals surface area (Å²) in [5.74, 6) is -4.44. The number of alkyl halides is 2. The standard InChI is InChI=1S/C9H9ClF2O3/c1-15-7-3-5(10)2-6(8(7)14)9(11,12)4-13/h2-3,13-14H,4H2,1H3. The summed E-state index contributed by atoms with van der Waals surface area (Å²) in [6, 6.07) is 2.09. The largest absolute Gasteiger partial charge is 0.504 e. The van der Waals surface area contributed by atoms with Crippen LogP contribution in [0.3, 0.4) is 0 Å². The highest BCUT2D eigenvalue weighted by atomic mass is 35.5. The lowest BCUT2D eigenvalue weighted by molar-refractivity contribution is -0.0572. The van der Waals surface area contributed by atoms with Crippen LogP contribution in [0.2, 0.25) is 5.02 Å². The molecule has 0 spiro atoms. The topological polar surface area (TPSA) is 49.7 Å². The van der Waals surface area contributed by atoms with E-state index in [1.807, 2.05) is 0 Å². The summed E-state index contributed by atoms with van der Waals surface area (Å²) >= 11 is 5.56. The highest BCUT2D eigenvalue weighted by Gasteiger charge is 2.35. The van der Waals surface area contributed by atoms with Crippen LogP contribution in [-0.4, -0.2) is 23.9 Å². The molecule has 0 radical (unpaired) electrons. The van der Waals surface area contributed by atoms with Crippen LogP contribution >= 0.6 is 11.6 Å². The van der Waals surface area contributed by atoms with Crippen molar-refractivity contribution in [1.29, 1.82) is 0 Å². The summed E-state index contributed by atoms with van der Waals surface area (Å²) in [4.78, 5) is 0. The number of aromatic hydroxyl groups is 1. The molecule has 1 rings (SSSR count). The first-order valence-corrected chi connectivity index (χ1v) is 4.36. The third kappa shape index (κ3) is 2.30. The van der Waals surface area contributed by atoms with Crippen molar-refractivity contribution in [3.63, 3.8) is 0 Å². The second-order valence-electron chi connectivity index (χ2n) is 2.87. The monoisotopic (exact) mass is 238 g/mol. The first kappa shape index (κ1) is 12.0. The Labute approximate surface area is 89.9 Å². The summed E-state index contributed by atoms with van der Waals surface area (Å²) in [5, 5.41) is 17.9. The van der Waals surface area contributed by atoms with Crippen molar-refractivity contribution in [1.82, 2.24) is 0 Å². The molecule has 0 aromatic heterocycles. The highest BCUT2D eigenvalue weighted by molar-refractivity contribution is 6.30. The fourth-order valence-corrected chi connectivity index (χ4v) is 1.30. The SMILES string of the molecule is COc1cc(Cl)cc(C(F)(F)CO)c1O. The van der Waals surface area contributed by atoms with Gasteiger partial charge < -0.3 is 14.9 Å². The van der Waals surface area contributed by atoms with Gasteiger partial charge in [-0.3, -0.25) is 0 Å². The summed E-state index contributed by atoms with van der Waals surface area (Å²) in [6.07, 6.45) is 0. The average molecular weight is 239 g/mol. The van der Waals surface area contributed by atoms with Crippen molar-refractivity contribution < 1.29 is 23.7 Å². The molecule has 6 heteroatoms. The third-order valence-corrected chi connectivity index (χ3v) is 2.07. The zero-order valence-electron chi connectivity index (χ0n) is 7.80. The van der Waals surface area contributed by atoms with Crippen LogP contribution in [0.5, 0.6) is 11.5 Å². The van der Waals surface area contributed by atoms with Gasteiger partial charge in [-0.1, -0.05) is 11.6 Å². The molecule has 2 N–H and O–H groups in total. The molecule has 0 saturated heterocycles. The molecule has 0 fully saturated rings. The molecule has 84 valence electrons. The van der Waals surface area contributed by atoms with Crippen molar-refractivity contribution in [2.75, 3.05) is 13.7 Å². The molecule has 0 bridgehead atoms. The van der Waals surface area contributed by atoms with Gasteiger partial charge in [-0.25, -0.2) is 0 Å². The number of rotatable bonds is 3. The molecular weight excluding hydrogens is 230 g/mol. The van der Waals surface area contributed by atoms with Crippen LogP contribution in [-0.2, 0) is 5.92 Å². The average Bonchev–Trinajstić information content (AvgIpc) is 2.20. The lowest BCUT2D eigenvalue weighted by Crippen LogP contribution is -2.18. The molecule has 3 nitrogen and oxygen atoms in total. The van der Waals surface area contributed by atoms with E-state index in [0.29, 0.717) is 0 Å². The second-order valence-corrected chi connectivity index (χ2v) is 3.30. The number of hydrogen-bond acceptors (Lipinski definition) is 3. The Morgan fingerprint density at radius 2 is 2.07 bits per heavy atom. The van der Waals surface area contributed by atoms with Gasteiger partial charge in [-0.05, 0) is 6.07 Å². The number of phenols is 1. The number of halogens is 3. The molecular formula is C9H9ClF2O3. The lowest BCUT2D eigenvalue weighted by Gasteiger charge is -2.17. The number of phenolic OH excluding ortho intramolecular Hbond substituents is 1. The van der Waals surface area contributed by atoms with Crippen LogP contribution in [0.15, 0.2) is 12.1 Å². The number of ether oxygens (including phenoxy) is 1. The molecule has 15 heavy (non-hydrogen) atoms. The molecule has 0 aliphatic heterocycles. The van der Waals surface area contributed by atoms with Gasteiger partial charge in [0, 0.05) is 11.1 Å². The summed E-state index contributed by atoms with van der Waals surface area (Å²) in [6.45, 7) is -1.41. The Balaban J connectivity index is 3.35. The molecule has 0 aliphatic rings. The Morgan fingerprint density at radius 3 is 2.53 bits per heavy atom. The minimum Gasteiger partial charge on any atom is -0.504 e. The molecule has 0 aliphatic carbocycles. The summed E-state index contributed by atoms with van der Waals surface area (Å²) in [5.41, 5.74) is -0.755. The van der Waals surface area contributed by atoms with Crippen molar-refractivity contribution in [2.45, 2.75) is 5.92 Å². The molecule has 0 heterocycles. The Morgan fingerprint density at radius 1 is 1.47 bits per heavy atom. The minimum absolute atomic E-state index is 0.00669. The van der Waals surface area contributed by atoms with E-state index in [1.54, 1.807) is 0 Å². The predicted octanol–water partition coefficient (Wildman–Crippen LogP) is 2.14. The van der Waals surface area contributed by atoms with Crippen LogP contribution in [0.1, 0.15) is 5.56 Å². The van der Waals surface area contributed by atoms with Gasteiger partial charge in [0.1, 0.15) is 6.61 Å². The van der Waals surface area contributed by atoms with E-state index >= 15 is 0 Å². The number of methoxy groups -OCH3 is 1. The van der Waals surface area contributed by atoms with E-state index in [2.05, 4.69) is 4.74 Å². The Kier molecular flexibility index (Phi) is 3.36. The van der Waals surface area contributed by atoms with Crippen LogP contribution in [0.25, 0.3) is 0 Å². The predicted molar refractivity (Wildman–Crippen MR) is 50.6 cm³/mol. The van der Waals surface area contributed by atoms with E-state index in [-0.39, 0.29) is 10.8 Å². The van der Waals surface area contributed by atoms with Gasteiger partial charge in [-0.15, -0.1) is 0 Å². The van der Waals surface area contributed by atoms with E-state index in [9.17, 15) is 13.9 Å². The Hall–Kier alpha value is -1.07. The zero-order valence-corrected chi connectivity index (χ0v) is 8.55. The van der Waals surface area contributed by atoms with Gasteiger partial charge in [0.25, 0.3) is 5.92 Å². The minimum atomic E-state index is -3.55. The second kappa shape index (κ2) is 4.20. The smallest absolute Gasteiger partial charge is 0.299 e. The first-order valence-electron chi connectivity index (χ1n) is 3.98. The number of aliphatic hydroxyl groups excluding tert-OH is 1.